The zero-order valence-electron chi connectivity index (χ0n) is 22.0. The summed E-state index contributed by atoms with van der Waals surface area (Å²) in [5.41, 5.74) is -0.991. The number of hydrogen-bond acceptors (Lipinski definition) is 5. The molecule has 1 aromatic carbocycles. The highest BCUT2D eigenvalue weighted by molar-refractivity contribution is 6.02. The predicted octanol–water partition coefficient (Wildman–Crippen LogP) is 5.35. The van der Waals surface area contributed by atoms with E-state index in [2.05, 4.69) is 5.10 Å². The smallest absolute Gasteiger partial charge is 0.416 e. The van der Waals surface area contributed by atoms with Crippen molar-refractivity contribution in [2.24, 2.45) is 5.92 Å². The van der Waals surface area contributed by atoms with Gasteiger partial charge >= 0.3 is 12.1 Å². The summed E-state index contributed by atoms with van der Waals surface area (Å²) < 4.78 is 47.8. The van der Waals surface area contributed by atoms with Crippen LogP contribution in [0.5, 0.6) is 0 Å². The molecule has 206 valence electrons. The number of halogens is 3. The summed E-state index contributed by atoms with van der Waals surface area (Å²) in [4.78, 5) is 40.1. The van der Waals surface area contributed by atoms with Gasteiger partial charge in [-0.3, -0.25) is 19.1 Å². The molecular weight excluding hydrogens is 499 g/mol. The maximum Gasteiger partial charge on any atom is 0.416 e. The Bertz CT molecular complexity index is 1190. The van der Waals surface area contributed by atoms with Crippen molar-refractivity contribution in [1.29, 1.82) is 0 Å². The molecule has 0 bridgehead atoms. The Hall–Kier alpha value is -3.17. The van der Waals surface area contributed by atoms with Crippen molar-refractivity contribution >= 4 is 17.7 Å². The van der Waals surface area contributed by atoms with Gasteiger partial charge in [-0.2, -0.15) is 18.3 Å². The third-order valence-corrected chi connectivity index (χ3v) is 7.10. The zero-order chi connectivity index (χ0) is 27.7. The van der Waals surface area contributed by atoms with Crippen molar-refractivity contribution in [2.45, 2.75) is 96.6 Å². The van der Waals surface area contributed by atoms with Crippen LogP contribution >= 0.6 is 0 Å². The molecule has 1 amide bonds. The van der Waals surface area contributed by atoms with E-state index in [9.17, 15) is 27.6 Å². The lowest BCUT2D eigenvalue weighted by molar-refractivity contribution is -0.155. The number of hydrogen-bond donors (Lipinski definition) is 0. The minimum atomic E-state index is -4.58. The number of ether oxygens (including phenoxy) is 1. The van der Waals surface area contributed by atoms with Gasteiger partial charge in [-0.25, -0.2) is 0 Å². The van der Waals surface area contributed by atoms with E-state index in [1.165, 1.54) is 17.0 Å². The molecule has 0 unspecified atom stereocenters. The number of amides is 1. The second-order valence-corrected chi connectivity index (χ2v) is 11.2. The number of aromatic nitrogens is 2. The number of nitrogens with zero attached hydrogens (tertiary/aromatic N) is 3. The fraction of sp³-hybridized carbons (Fsp3) is 0.571. The molecule has 10 heteroatoms. The molecule has 38 heavy (non-hydrogen) atoms. The molecule has 2 aromatic rings. The Morgan fingerprint density at radius 3 is 2.50 bits per heavy atom. The van der Waals surface area contributed by atoms with E-state index < -0.39 is 29.3 Å². The normalized spacial score (nSPS) is 17.1. The lowest BCUT2D eigenvalue weighted by Gasteiger charge is -2.29. The third kappa shape index (κ3) is 6.63. The van der Waals surface area contributed by atoms with Gasteiger partial charge in [0.05, 0.1) is 36.7 Å². The monoisotopic (exact) mass is 533 g/mol. The highest BCUT2D eigenvalue weighted by atomic mass is 19.4. The molecule has 2 aliphatic rings. The van der Waals surface area contributed by atoms with Crippen LogP contribution in [0.15, 0.2) is 30.5 Å². The fourth-order valence-electron chi connectivity index (χ4n) is 5.38. The summed E-state index contributed by atoms with van der Waals surface area (Å²) in [6.45, 7) is 5.42. The van der Waals surface area contributed by atoms with Crippen LogP contribution in [0.4, 0.5) is 13.2 Å². The lowest BCUT2D eigenvalue weighted by atomic mass is 9.93. The Kier molecular flexibility index (Phi) is 7.99. The molecule has 0 radical (unpaired) electrons. The minimum Gasteiger partial charge on any atom is -0.460 e. The van der Waals surface area contributed by atoms with Crippen molar-refractivity contribution in [3.05, 3.63) is 52.8 Å². The van der Waals surface area contributed by atoms with Crippen LogP contribution in [0.2, 0.25) is 0 Å². The average Bonchev–Trinajstić information content (AvgIpc) is 3.55. The number of carbonyl (C=O) groups excluding carboxylic acids is 3. The van der Waals surface area contributed by atoms with Crippen molar-refractivity contribution in [3.8, 4) is 0 Å². The molecule has 7 nitrogen and oxygen atoms in total. The standard InChI is InChI=1S/C28H34F3N3O4/c1-27(2,3)38-25(36)12-14-33-13-11-19(32-33)16-24(35)23(15-18-7-4-5-8-18)34-17-21-20(26(34)37)9-6-10-22(21)28(29,30)31/h6,9-11,13,18,23H,4-5,7-8,12,14-17H2,1-3H3/t23-/m0/s1. The summed E-state index contributed by atoms with van der Waals surface area (Å²) in [6.07, 6.45) is 1.54. The first-order valence-electron chi connectivity index (χ1n) is 13.1. The minimum absolute atomic E-state index is 0.00969. The molecule has 0 spiro atoms. The van der Waals surface area contributed by atoms with Crippen molar-refractivity contribution in [1.82, 2.24) is 14.7 Å². The number of alkyl halides is 3. The summed E-state index contributed by atoms with van der Waals surface area (Å²) in [5, 5.41) is 4.40. The summed E-state index contributed by atoms with van der Waals surface area (Å²) in [6, 6.07) is 4.47. The van der Waals surface area contributed by atoms with Crippen LogP contribution in [0, 0.1) is 5.92 Å². The predicted molar refractivity (Wildman–Crippen MR) is 133 cm³/mol. The van der Waals surface area contributed by atoms with E-state index in [1.54, 1.807) is 37.7 Å². The SMILES string of the molecule is CC(C)(C)OC(=O)CCn1ccc(CC(=O)[C@H](CC2CCCC2)N2Cc3c(cccc3C(F)(F)F)C2=O)n1. The van der Waals surface area contributed by atoms with Gasteiger partial charge in [0, 0.05) is 18.3 Å². The van der Waals surface area contributed by atoms with E-state index in [1.807, 2.05) is 0 Å². The summed E-state index contributed by atoms with van der Waals surface area (Å²) in [7, 11) is 0. The van der Waals surface area contributed by atoms with E-state index >= 15 is 0 Å². The van der Waals surface area contributed by atoms with Crippen LogP contribution in [0.25, 0.3) is 0 Å². The third-order valence-electron chi connectivity index (χ3n) is 7.10. The second-order valence-electron chi connectivity index (χ2n) is 11.2. The highest BCUT2D eigenvalue weighted by Crippen LogP contribution is 2.39. The first kappa shape index (κ1) is 27.9. The molecular formula is C28H34F3N3O4. The van der Waals surface area contributed by atoms with Crippen LogP contribution in [-0.2, 0) is 40.0 Å². The Labute approximate surface area is 220 Å². The number of Topliss-reactive ketones (excluding diaryl/α,β-unsaturated/α-hetero) is 1. The number of ketones is 1. The largest absolute Gasteiger partial charge is 0.460 e. The molecule has 1 aliphatic carbocycles. The van der Waals surface area contributed by atoms with E-state index in [-0.39, 0.29) is 54.7 Å². The molecule has 1 aromatic heterocycles. The molecule has 1 fully saturated rings. The Balaban J connectivity index is 1.48. The summed E-state index contributed by atoms with van der Waals surface area (Å²) >= 11 is 0. The molecule has 0 N–H and O–H groups in total. The van der Waals surface area contributed by atoms with Crippen molar-refractivity contribution in [2.75, 3.05) is 0 Å². The topological polar surface area (TPSA) is 81.5 Å². The zero-order valence-corrected chi connectivity index (χ0v) is 22.0. The van der Waals surface area contributed by atoms with Gasteiger partial charge < -0.3 is 9.64 Å². The number of fused-ring (bicyclic) bond motifs is 1. The van der Waals surface area contributed by atoms with Gasteiger partial charge in [-0.15, -0.1) is 0 Å². The number of aryl methyl sites for hydroxylation is 1. The Morgan fingerprint density at radius 1 is 1.13 bits per heavy atom. The van der Waals surface area contributed by atoms with Crippen LogP contribution in [-0.4, -0.2) is 44.0 Å². The molecule has 1 saturated carbocycles. The molecule has 1 aliphatic heterocycles. The maximum atomic E-state index is 13.6. The molecule has 4 rings (SSSR count). The average molecular weight is 534 g/mol. The number of benzene rings is 1. The fourth-order valence-corrected chi connectivity index (χ4v) is 5.38. The van der Waals surface area contributed by atoms with Crippen molar-refractivity contribution < 1.29 is 32.3 Å². The van der Waals surface area contributed by atoms with Gasteiger partial charge in [-0.1, -0.05) is 31.7 Å². The van der Waals surface area contributed by atoms with Gasteiger partial charge in [0.15, 0.2) is 5.78 Å². The molecule has 1 atom stereocenters. The highest BCUT2D eigenvalue weighted by Gasteiger charge is 2.43. The summed E-state index contributed by atoms with van der Waals surface area (Å²) in [5.74, 6) is -0.893. The van der Waals surface area contributed by atoms with Crippen LogP contribution in [0.3, 0.4) is 0 Å². The van der Waals surface area contributed by atoms with Gasteiger partial charge in [0.2, 0.25) is 0 Å². The van der Waals surface area contributed by atoms with E-state index in [0.29, 0.717) is 12.1 Å². The number of carbonyl (C=O) groups is 3. The maximum absolute atomic E-state index is 13.6. The molecule has 0 saturated heterocycles. The quantitative estimate of drug-likeness (QED) is 0.406. The Morgan fingerprint density at radius 2 is 1.84 bits per heavy atom. The molecule has 2 heterocycles. The van der Waals surface area contributed by atoms with Crippen LogP contribution in [0.1, 0.15) is 86.5 Å². The second kappa shape index (κ2) is 10.9. The van der Waals surface area contributed by atoms with E-state index in [0.717, 1.165) is 31.7 Å². The number of rotatable bonds is 9. The first-order chi connectivity index (χ1) is 17.8. The van der Waals surface area contributed by atoms with Crippen molar-refractivity contribution in [3.63, 3.8) is 0 Å². The first-order valence-corrected chi connectivity index (χ1v) is 13.1. The van der Waals surface area contributed by atoms with Gasteiger partial charge in [0.1, 0.15) is 5.60 Å². The lowest BCUT2D eigenvalue weighted by Crippen LogP contribution is -2.43. The van der Waals surface area contributed by atoms with E-state index in [4.69, 9.17) is 4.74 Å². The van der Waals surface area contributed by atoms with Gasteiger partial charge in [0.25, 0.3) is 5.91 Å². The van der Waals surface area contributed by atoms with Crippen LogP contribution < -0.4 is 0 Å². The van der Waals surface area contributed by atoms with Gasteiger partial charge in [-0.05, 0) is 56.9 Å². The number of esters is 1.